The topological polar surface area (TPSA) is 57.2 Å². The lowest BCUT2D eigenvalue weighted by Crippen LogP contribution is -2.55. The molecule has 6 nitrogen and oxygen atoms in total. The van der Waals surface area contributed by atoms with Crippen molar-refractivity contribution in [2.45, 2.75) is 32.2 Å². The molecule has 1 amide bonds. The van der Waals surface area contributed by atoms with Gasteiger partial charge in [0.25, 0.3) is 5.91 Å². The zero-order valence-electron chi connectivity index (χ0n) is 18.4. The molecule has 0 spiro atoms. The lowest BCUT2D eigenvalue weighted by atomic mass is 9.78. The van der Waals surface area contributed by atoms with E-state index < -0.39 is 17.7 Å². The Morgan fingerprint density at radius 2 is 1.94 bits per heavy atom. The minimum absolute atomic E-state index is 0.0380. The van der Waals surface area contributed by atoms with E-state index in [4.69, 9.17) is 4.74 Å². The number of nitrogens with one attached hydrogen (secondary N) is 1. The molecule has 5 rings (SSSR count). The number of hydrazone groups is 1. The fourth-order valence-electron chi connectivity index (χ4n) is 5.18. The van der Waals surface area contributed by atoms with Crippen molar-refractivity contribution in [2.24, 2.45) is 11.0 Å². The molecule has 0 aromatic heterocycles. The van der Waals surface area contributed by atoms with Gasteiger partial charge in [-0.3, -0.25) is 4.79 Å². The molecular weight excluding hydrogens is 414 g/mol. The first-order valence-corrected chi connectivity index (χ1v) is 10.9. The van der Waals surface area contributed by atoms with E-state index in [-0.39, 0.29) is 24.0 Å². The summed E-state index contributed by atoms with van der Waals surface area (Å²) >= 11 is 0. The highest BCUT2D eigenvalue weighted by atomic mass is 19.1. The second-order valence-corrected chi connectivity index (χ2v) is 8.98. The molecule has 0 saturated carbocycles. The normalized spacial score (nSPS) is 25.4. The number of nitrogens with zero attached hydrogens (tertiary/aromatic N) is 3. The van der Waals surface area contributed by atoms with Crippen LogP contribution in [0.15, 0.2) is 35.4 Å². The Hall–Kier alpha value is -3.00. The lowest BCUT2D eigenvalue weighted by molar-refractivity contribution is -0.122. The Bertz CT molecular complexity index is 1100. The summed E-state index contributed by atoms with van der Waals surface area (Å²) < 4.78 is 35.7. The van der Waals surface area contributed by atoms with Crippen molar-refractivity contribution < 1.29 is 18.3 Å². The lowest BCUT2D eigenvalue weighted by Gasteiger charge is -2.40. The van der Waals surface area contributed by atoms with Gasteiger partial charge in [0.2, 0.25) is 0 Å². The number of carbonyl (C=O) groups excluding carboxylic acids is 1. The Labute approximate surface area is 185 Å². The number of carbonyl (C=O) groups is 1. The molecule has 2 aromatic rings. The van der Waals surface area contributed by atoms with Crippen LogP contribution < -0.4 is 15.1 Å². The van der Waals surface area contributed by atoms with E-state index >= 15 is 0 Å². The van der Waals surface area contributed by atoms with Gasteiger partial charge < -0.3 is 14.5 Å². The van der Waals surface area contributed by atoms with E-state index in [2.05, 4.69) is 29.4 Å². The Balaban J connectivity index is 1.72. The van der Waals surface area contributed by atoms with Crippen LogP contribution in [0.25, 0.3) is 11.1 Å². The van der Waals surface area contributed by atoms with Crippen LogP contribution in [0.5, 0.6) is 5.75 Å². The molecule has 0 aliphatic carbocycles. The fourth-order valence-corrected chi connectivity index (χ4v) is 5.18. The van der Waals surface area contributed by atoms with Gasteiger partial charge in [-0.05, 0) is 74.2 Å². The van der Waals surface area contributed by atoms with Gasteiger partial charge in [0.05, 0.1) is 11.3 Å². The van der Waals surface area contributed by atoms with Crippen LogP contribution in [0.1, 0.15) is 31.7 Å². The van der Waals surface area contributed by atoms with Crippen molar-refractivity contribution in [1.29, 1.82) is 0 Å². The maximum absolute atomic E-state index is 14.9. The number of ether oxygens (including phenoxy) is 1. The Kier molecular flexibility index (Phi) is 5.12. The molecule has 3 atom stereocenters. The highest BCUT2D eigenvalue weighted by Gasteiger charge is 2.37. The van der Waals surface area contributed by atoms with Crippen molar-refractivity contribution in [2.75, 3.05) is 31.6 Å². The third-order valence-electron chi connectivity index (χ3n) is 6.83. The fraction of sp³-hybridized carbons (Fsp3) is 0.417. The molecule has 3 aliphatic rings. The van der Waals surface area contributed by atoms with Gasteiger partial charge in [0.1, 0.15) is 30.0 Å². The number of amides is 1. The smallest absolute Gasteiger partial charge is 0.262 e. The van der Waals surface area contributed by atoms with Gasteiger partial charge >= 0.3 is 0 Å². The van der Waals surface area contributed by atoms with E-state index in [0.29, 0.717) is 28.8 Å². The third-order valence-corrected chi connectivity index (χ3v) is 6.83. The van der Waals surface area contributed by atoms with Gasteiger partial charge in [-0.25, -0.2) is 14.2 Å². The van der Waals surface area contributed by atoms with E-state index in [9.17, 15) is 13.6 Å². The molecule has 1 saturated heterocycles. The second-order valence-electron chi connectivity index (χ2n) is 8.98. The van der Waals surface area contributed by atoms with Crippen LogP contribution in [0.4, 0.5) is 14.5 Å². The molecule has 3 heterocycles. The van der Waals surface area contributed by atoms with Gasteiger partial charge in [-0.1, -0.05) is 13.0 Å². The standard InChI is InChI=1S/C24H26F2N4O2/c1-13-11-29(3)8-7-15(13)16-9-20-21(10-17(16)23-18(25)5-4-6-19(23)26)32-12-22-27-28-24(31)14(2)30(20)22/h4-6,9-10,13-15H,7-8,11-12H2,1-3H3,(H,28,31)/t13-,14?,15+/m0/s1. The largest absolute Gasteiger partial charge is 0.483 e. The minimum Gasteiger partial charge on any atom is -0.483 e. The van der Waals surface area contributed by atoms with Crippen molar-refractivity contribution in [3.8, 4) is 16.9 Å². The van der Waals surface area contributed by atoms with E-state index in [0.717, 1.165) is 25.1 Å². The Morgan fingerprint density at radius 1 is 1.19 bits per heavy atom. The summed E-state index contributed by atoms with van der Waals surface area (Å²) in [5, 5.41) is 4.15. The van der Waals surface area contributed by atoms with Gasteiger partial charge in [-0.15, -0.1) is 0 Å². The van der Waals surface area contributed by atoms with E-state index in [1.165, 1.54) is 18.2 Å². The number of hydrogen-bond acceptors (Lipinski definition) is 5. The van der Waals surface area contributed by atoms with Crippen molar-refractivity contribution in [3.05, 3.63) is 47.5 Å². The summed E-state index contributed by atoms with van der Waals surface area (Å²) in [5.74, 6) is 0.0947. The molecule has 1 N–H and O–H groups in total. The molecular formula is C24H26F2N4O2. The molecule has 0 radical (unpaired) electrons. The summed E-state index contributed by atoms with van der Waals surface area (Å²) in [6, 6.07) is 7.15. The summed E-state index contributed by atoms with van der Waals surface area (Å²) in [4.78, 5) is 16.4. The quantitative estimate of drug-likeness (QED) is 0.774. The van der Waals surface area contributed by atoms with E-state index in [1.54, 1.807) is 13.0 Å². The molecule has 2 aromatic carbocycles. The van der Waals surface area contributed by atoms with Gasteiger partial charge in [0, 0.05) is 6.54 Å². The zero-order chi connectivity index (χ0) is 22.6. The summed E-state index contributed by atoms with van der Waals surface area (Å²) in [6.45, 7) is 5.94. The SMILES string of the molecule is CC1C(=O)NN=C2COc3cc(-c4c(F)cccc4F)c([C@@H]4CCN(C)C[C@@H]4C)cc3N21. The first kappa shape index (κ1) is 20.9. The molecule has 32 heavy (non-hydrogen) atoms. The molecule has 168 valence electrons. The molecule has 0 bridgehead atoms. The molecule has 1 fully saturated rings. The van der Waals surface area contributed by atoms with Crippen molar-refractivity contribution in [1.82, 2.24) is 10.3 Å². The number of fused-ring (bicyclic) bond motifs is 3. The molecule has 3 aliphatic heterocycles. The maximum Gasteiger partial charge on any atom is 0.262 e. The first-order chi connectivity index (χ1) is 15.3. The number of hydrogen-bond donors (Lipinski definition) is 1. The number of amidine groups is 1. The minimum atomic E-state index is -0.601. The maximum atomic E-state index is 14.9. The highest BCUT2D eigenvalue weighted by Crippen LogP contribution is 2.46. The summed E-state index contributed by atoms with van der Waals surface area (Å²) in [5.41, 5.74) is 4.58. The molecule has 1 unspecified atom stereocenters. The van der Waals surface area contributed by atoms with Crippen LogP contribution in [0.2, 0.25) is 0 Å². The number of halogens is 2. The monoisotopic (exact) mass is 440 g/mol. The van der Waals surface area contributed by atoms with Crippen LogP contribution in [0, 0.1) is 17.6 Å². The van der Waals surface area contributed by atoms with Gasteiger partial charge in [-0.2, -0.15) is 5.10 Å². The number of rotatable bonds is 2. The van der Waals surface area contributed by atoms with Crippen LogP contribution in [0.3, 0.4) is 0 Å². The zero-order valence-corrected chi connectivity index (χ0v) is 18.4. The predicted octanol–water partition coefficient (Wildman–Crippen LogP) is 3.72. The van der Waals surface area contributed by atoms with Crippen LogP contribution >= 0.6 is 0 Å². The second kappa shape index (κ2) is 7.85. The number of likely N-dealkylation sites (tertiary alicyclic amines) is 1. The average Bonchev–Trinajstić information content (AvgIpc) is 2.75. The first-order valence-electron chi connectivity index (χ1n) is 10.9. The van der Waals surface area contributed by atoms with E-state index in [1.807, 2.05) is 11.0 Å². The third kappa shape index (κ3) is 3.33. The van der Waals surface area contributed by atoms with Gasteiger partial charge in [0.15, 0.2) is 5.84 Å². The number of anilines is 1. The number of piperidine rings is 1. The summed E-state index contributed by atoms with van der Waals surface area (Å²) in [6.07, 6.45) is 0.872. The summed E-state index contributed by atoms with van der Waals surface area (Å²) in [7, 11) is 2.08. The molecule has 8 heteroatoms. The Morgan fingerprint density at radius 3 is 2.66 bits per heavy atom. The van der Waals surface area contributed by atoms with Crippen LogP contribution in [-0.2, 0) is 4.79 Å². The predicted molar refractivity (Wildman–Crippen MR) is 119 cm³/mol. The van der Waals surface area contributed by atoms with Crippen molar-refractivity contribution in [3.63, 3.8) is 0 Å². The van der Waals surface area contributed by atoms with Crippen molar-refractivity contribution >= 4 is 17.4 Å². The highest BCUT2D eigenvalue weighted by molar-refractivity contribution is 6.09. The number of benzene rings is 2. The average molecular weight is 440 g/mol. The van der Waals surface area contributed by atoms with Crippen LogP contribution in [-0.4, -0.2) is 49.4 Å².